The molecule has 7 heteroatoms. The number of carbonyl (C=O) groups excluding carboxylic acids is 1. The third-order valence-corrected chi connectivity index (χ3v) is 6.22. The predicted octanol–water partition coefficient (Wildman–Crippen LogP) is 3.07. The molecule has 1 amide bonds. The molecule has 2 aromatic carbocycles. The van der Waals surface area contributed by atoms with Crippen LogP contribution in [-0.2, 0) is 17.6 Å². The van der Waals surface area contributed by atoms with Gasteiger partial charge in [-0.2, -0.15) is 4.98 Å². The minimum absolute atomic E-state index is 0.109. The maximum atomic E-state index is 13.6. The molecular formula is C25H27N5O2. The Hall–Kier alpha value is -3.45. The molecule has 0 unspecified atom stereocenters. The number of amides is 1. The van der Waals surface area contributed by atoms with E-state index in [4.69, 9.17) is 4.74 Å². The van der Waals surface area contributed by atoms with Crippen molar-refractivity contribution in [3.8, 4) is 5.88 Å². The zero-order valence-corrected chi connectivity index (χ0v) is 18.3. The molecule has 0 aliphatic carbocycles. The maximum Gasteiger partial charge on any atom is 0.245 e. The normalized spacial score (nSPS) is 16.2. The van der Waals surface area contributed by atoms with Gasteiger partial charge in [-0.15, -0.1) is 0 Å². The van der Waals surface area contributed by atoms with E-state index in [1.54, 1.807) is 19.4 Å². The van der Waals surface area contributed by atoms with Crippen LogP contribution in [0.5, 0.6) is 5.88 Å². The molecule has 2 aliphatic rings. The second-order valence-electron chi connectivity index (χ2n) is 8.15. The van der Waals surface area contributed by atoms with E-state index >= 15 is 0 Å². The minimum Gasteiger partial charge on any atom is -0.481 e. The van der Waals surface area contributed by atoms with Crippen LogP contribution >= 0.6 is 0 Å². The van der Waals surface area contributed by atoms with E-state index in [-0.39, 0.29) is 5.91 Å². The smallest absolute Gasteiger partial charge is 0.245 e. The van der Waals surface area contributed by atoms with Gasteiger partial charge in [0.1, 0.15) is 0 Å². The van der Waals surface area contributed by atoms with Gasteiger partial charge in [0.15, 0.2) is 0 Å². The van der Waals surface area contributed by atoms with Crippen LogP contribution in [0.2, 0.25) is 0 Å². The zero-order valence-electron chi connectivity index (χ0n) is 18.3. The molecule has 1 fully saturated rings. The molecular weight excluding hydrogens is 402 g/mol. The van der Waals surface area contributed by atoms with Gasteiger partial charge in [0, 0.05) is 38.4 Å². The molecule has 1 aromatic heterocycles. The van der Waals surface area contributed by atoms with E-state index in [0.29, 0.717) is 18.4 Å². The Balaban J connectivity index is 1.32. The van der Waals surface area contributed by atoms with Crippen LogP contribution in [0.4, 0.5) is 17.3 Å². The van der Waals surface area contributed by atoms with Gasteiger partial charge in [-0.1, -0.05) is 36.4 Å². The fourth-order valence-corrected chi connectivity index (χ4v) is 4.51. The average Bonchev–Trinajstić information content (AvgIpc) is 3.01. The number of fused-ring (bicyclic) bond motifs is 2. The summed E-state index contributed by atoms with van der Waals surface area (Å²) in [6.45, 7) is 3.49. The van der Waals surface area contributed by atoms with Crippen molar-refractivity contribution < 1.29 is 9.53 Å². The quantitative estimate of drug-likeness (QED) is 0.635. The number of aromatic nitrogens is 2. The van der Waals surface area contributed by atoms with Gasteiger partial charge in [0.25, 0.3) is 0 Å². The van der Waals surface area contributed by atoms with Crippen LogP contribution < -0.4 is 14.5 Å². The van der Waals surface area contributed by atoms with E-state index < -0.39 is 0 Å². The lowest BCUT2D eigenvalue weighted by Gasteiger charge is -2.35. The third kappa shape index (κ3) is 4.03. The lowest BCUT2D eigenvalue weighted by molar-refractivity contribution is -0.119. The fraction of sp³-hybridized carbons (Fsp3) is 0.320. The Morgan fingerprint density at radius 1 is 0.906 bits per heavy atom. The van der Waals surface area contributed by atoms with E-state index in [0.717, 1.165) is 50.4 Å². The van der Waals surface area contributed by atoms with Crippen molar-refractivity contribution in [3.63, 3.8) is 0 Å². The van der Waals surface area contributed by atoms with E-state index in [9.17, 15) is 4.79 Å². The Morgan fingerprint density at radius 3 is 2.16 bits per heavy atom. The molecule has 0 spiro atoms. The number of carbonyl (C=O) groups is 1. The van der Waals surface area contributed by atoms with Crippen LogP contribution in [0.15, 0.2) is 60.8 Å². The Kier molecular flexibility index (Phi) is 5.73. The van der Waals surface area contributed by atoms with Gasteiger partial charge in [-0.3, -0.25) is 14.6 Å². The summed E-state index contributed by atoms with van der Waals surface area (Å²) in [4.78, 5) is 28.7. The summed E-state index contributed by atoms with van der Waals surface area (Å²) in [5, 5.41) is 0. The predicted molar refractivity (Wildman–Crippen MR) is 125 cm³/mol. The van der Waals surface area contributed by atoms with Gasteiger partial charge < -0.3 is 9.64 Å². The van der Waals surface area contributed by atoms with E-state index in [1.807, 2.05) is 17.0 Å². The van der Waals surface area contributed by atoms with Gasteiger partial charge in [0.2, 0.25) is 17.7 Å². The van der Waals surface area contributed by atoms with Crippen molar-refractivity contribution in [2.24, 2.45) is 0 Å². The fourth-order valence-electron chi connectivity index (χ4n) is 4.51. The molecule has 0 saturated carbocycles. The lowest BCUT2D eigenvalue weighted by Crippen LogP contribution is -2.50. The van der Waals surface area contributed by atoms with Crippen molar-refractivity contribution in [3.05, 3.63) is 71.9 Å². The summed E-state index contributed by atoms with van der Waals surface area (Å²) < 4.78 is 5.22. The maximum absolute atomic E-state index is 13.6. The second-order valence-corrected chi connectivity index (χ2v) is 8.15. The highest BCUT2D eigenvalue weighted by Gasteiger charge is 2.28. The highest BCUT2D eigenvalue weighted by molar-refractivity contribution is 6.03. The summed E-state index contributed by atoms with van der Waals surface area (Å²) in [7, 11) is 1.61. The molecule has 0 bridgehead atoms. The SMILES string of the molecule is COc1ccnc(N2CCN(CC(=O)N3c4ccccc4CCc4ccccc43)CC2)n1. The topological polar surface area (TPSA) is 61.8 Å². The third-order valence-electron chi connectivity index (χ3n) is 6.22. The molecule has 0 radical (unpaired) electrons. The Labute approximate surface area is 188 Å². The molecule has 3 aromatic rings. The molecule has 5 rings (SSSR count). The number of piperazine rings is 1. The number of aryl methyl sites for hydroxylation is 2. The monoisotopic (exact) mass is 429 g/mol. The van der Waals surface area contributed by atoms with Crippen molar-refractivity contribution in [2.45, 2.75) is 12.8 Å². The molecule has 2 aliphatic heterocycles. The first kappa shape index (κ1) is 20.5. The van der Waals surface area contributed by atoms with Crippen LogP contribution in [0.3, 0.4) is 0 Å². The summed E-state index contributed by atoms with van der Waals surface area (Å²) in [5.41, 5.74) is 4.45. The van der Waals surface area contributed by atoms with E-state index in [2.05, 4.69) is 56.2 Å². The second kappa shape index (κ2) is 8.96. The highest BCUT2D eigenvalue weighted by atomic mass is 16.5. The molecule has 0 atom stereocenters. The number of nitrogens with zero attached hydrogens (tertiary/aromatic N) is 5. The van der Waals surface area contributed by atoms with Crippen molar-refractivity contribution >= 4 is 23.2 Å². The molecule has 0 N–H and O–H groups in total. The zero-order chi connectivity index (χ0) is 21.9. The highest BCUT2D eigenvalue weighted by Crippen LogP contribution is 2.36. The number of benzene rings is 2. The van der Waals surface area contributed by atoms with Gasteiger partial charge >= 0.3 is 0 Å². The number of para-hydroxylation sites is 2. The molecule has 1 saturated heterocycles. The molecule has 3 heterocycles. The van der Waals surface area contributed by atoms with Gasteiger partial charge in [-0.25, -0.2) is 4.98 Å². The number of ether oxygens (including phenoxy) is 1. The first-order valence-corrected chi connectivity index (χ1v) is 11.1. The molecule has 164 valence electrons. The number of hydrogen-bond donors (Lipinski definition) is 0. The lowest BCUT2D eigenvalue weighted by atomic mass is 10.0. The van der Waals surface area contributed by atoms with Crippen molar-refractivity contribution in [2.75, 3.05) is 49.6 Å². The van der Waals surface area contributed by atoms with Crippen LogP contribution in [-0.4, -0.2) is 60.6 Å². The summed E-state index contributed by atoms with van der Waals surface area (Å²) in [6.07, 6.45) is 3.59. The first-order chi connectivity index (χ1) is 15.7. The number of rotatable bonds is 4. The summed E-state index contributed by atoms with van der Waals surface area (Å²) >= 11 is 0. The van der Waals surface area contributed by atoms with Crippen molar-refractivity contribution in [1.82, 2.24) is 14.9 Å². The van der Waals surface area contributed by atoms with Crippen LogP contribution in [0, 0.1) is 0 Å². The van der Waals surface area contributed by atoms with Crippen LogP contribution in [0.25, 0.3) is 0 Å². The Bertz CT molecular complexity index is 1060. The van der Waals surface area contributed by atoms with Crippen molar-refractivity contribution in [1.29, 1.82) is 0 Å². The molecule has 7 nitrogen and oxygen atoms in total. The van der Waals surface area contributed by atoms with Gasteiger partial charge in [0.05, 0.1) is 25.0 Å². The summed E-state index contributed by atoms with van der Waals surface area (Å²) in [5.74, 6) is 1.34. The number of methoxy groups -OCH3 is 1. The largest absolute Gasteiger partial charge is 0.481 e. The number of anilines is 3. The summed E-state index contributed by atoms with van der Waals surface area (Å²) in [6, 6.07) is 18.3. The van der Waals surface area contributed by atoms with Crippen LogP contribution in [0.1, 0.15) is 11.1 Å². The molecule has 32 heavy (non-hydrogen) atoms. The number of hydrogen-bond acceptors (Lipinski definition) is 6. The Morgan fingerprint density at radius 2 is 1.53 bits per heavy atom. The minimum atomic E-state index is 0.109. The standard InChI is InChI=1S/C25H27N5O2/c1-32-23-12-13-26-25(27-23)29-16-14-28(15-17-29)18-24(31)30-21-8-4-2-6-19(21)10-11-20-7-3-5-9-22(20)30/h2-9,12-13H,10-11,14-18H2,1H3. The van der Waals surface area contributed by atoms with E-state index in [1.165, 1.54) is 11.1 Å². The average molecular weight is 430 g/mol. The van der Waals surface area contributed by atoms with Gasteiger partial charge in [-0.05, 0) is 36.1 Å². The first-order valence-electron chi connectivity index (χ1n) is 11.1.